The molecule has 2 unspecified atom stereocenters. The lowest BCUT2D eigenvalue weighted by atomic mass is 9.94. The fourth-order valence-corrected chi connectivity index (χ4v) is 3.24. The maximum atomic E-state index is 5.92. The molecule has 1 aromatic heterocycles. The molecule has 0 aromatic carbocycles. The van der Waals surface area contributed by atoms with Gasteiger partial charge < -0.3 is 10.5 Å². The van der Waals surface area contributed by atoms with Crippen LogP contribution in [-0.4, -0.2) is 37.2 Å². The van der Waals surface area contributed by atoms with Gasteiger partial charge in [0.2, 0.25) is 0 Å². The SMILES string of the molecule is COC(C)C(C)(CN)N(C)Cc1cc(Br)cs1. The maximum absolute atomic E-state index is 5.92. The Morgan fingerprint density at radius 2 is 2.29 bits per heavy atom. The number of rotatable bonds is 6. The summed E-state index contributed by atoms with van der Waals surface area (Å²) < 4.78 is 6.58. The highest BCUT2D eigenvalue weighted by atomic mass is 79.9. The first-order chi connectivity index (χ1) is 7.93. The number of nitrogens with zero attached hydrogens (tertiary/aromatic N) is 1. The van der Waals surface area contributed by atoms with E-state index in [2.05, 4.69) is 53.2 Å². The van der Waals surface area contributed by atoms with E-state index >= 15 is 0 Å². The monoisotopic (exact) mass is 320 g/mol. The standard InChI is InChI=1S/C12H21BrN2OS/c1-9(16-4)12(2,8-14)15(3)6-11-5-10(13)7-17-11/h5,7,9H,6,8,14H2,1-4H3. The zero-order valence-electron chi connectivity index (χ0n) is 10.9. The fraction of sp³-hybridized carbons (Fsp3) is 0.667. The Hall–Kier alpha value is 0.0600. The van der Waals surface area contributed by atoms with Gasteiger partial charge in [0.1, 0.15) is 0 Å². The van der Waals surface area contributed by atoms with E-state index in [1.807, 2.05) is 0 Å². The topological polar surface area (TPSA) is 38.5 Å². The van der Waals surface area contributed by atoms with Crippen LogP contribution in [0, 0.1) is 0 Å². The van der Waals surface area contributed by atoms with Crippen molar-refractivity contribution in [1.82, 2.24) is 4.90 Å². The van der Waals surface area contributed by atoms with Gasteiger partial charge in [0.25, 0.3) is 0 Å². The van der Waals surface area contributed by atoms with Gasteiger partial charge in [0.15, 0.2) is 0 Å². The summed E-state index contributed by atoms with van der Waals surface area (Å²) in [7, 11) is 3.82. The summed E-state index contributed by atoms with van der Waals surface area (Å²) in [6.07, 6.45) is 0.0981. The molecule has 0 amide bonds. The lowest BCUT2D eigenvalue weighted by Gasteiger charge is -2.41. The molecule has 0 aliphatic carbocycles. The molecule has 1 rings (SSSR count). The Morgan fingerprint density at radius 3 is 2.71 bits per heavy atom. The number of hydrogen-bond acceptors (Lipinski definition) is 4. The molecule has 2 atom stereocenters. The minimum atomic E-state index is -0.148. The van der Waals surface area contributed by atoms with Crippen LogP contribution < -0.4 is 5.73 Å². The van der Waals surface area contributed by atoms with Gasteiger partial charge in [-0.3, -0.25) is 4.90 Å². The third-order valence-corrected chi connectivity index (χ3v) is 5.21. The van der Waals surface area contributed by atoms with Crippen LogP contribution in [-0.2, 0) is 11.3 Å². The summed E-state index contributed by atoms with van der Waals surface area (Å²) in [5.74, 6) is 0. The maximum Gasteiger partial charge on any atom is 0.0736 e. The molecule has 0 radical (unpaired) electrons. The van der Waals surface area contributed by atoms with Crippen molar-refractivity contribution in [3.63, 3.8) is 0 Å². The van der Waals surface area contributed by atoms with Gasteiger partial charge in [-0.1, -0.05) is 0 Å². The smallest absolute Gasteiger partial charge is 0.0736 e. The van der Waals surface area contributed by atoms with E-state index in [4.69, 9.17) is 10.5 Å². The third kappa shape index (κ3) is 3.51. The van der Waals surface area contributed by atoms with Gasteiger partial charge in [0.05, 0.1) is 11.6 Å². The van der Waals surface area contributed by atoms with E-state index < -0.39 is 0 Å². The second-order valence-corrected chi connectivity index (χ2v) is 6.44. The Balaban J connectivity index is 2.76. The summed E-state index contributed by atoms with van der Waals surface area (Å²) >= 11 is 5.23. The minimum absolute atomic E-state index is 0.0981. The molecule has 17 heavy (non-hydrogen) atoms. The Labute approximate surface area is 116 Å². The van der Waals surface area contributed by atoms with Gasteiger partial charge in [-0.2, -0.15) is 0 Å². The average Bonchev–Trinajstić information content (AvgIpc) is 2.72. The summed E-state index contributed by atoms with van der Waals surface area (Å²) in [5.41, 5.74) is 5.77. The summed E-state index contributed by atoms with van der Waals surface area (Å²) in [6, 6.07) is 2.15. The van der Waals surface area contributed by atoms with Crippen molar-refractivity contribution in [3.8, 4) is 0 Å². The molecule has 0 saturated carbocycles. The predicted octanol–water partition coefficient (Wildman–Crippen LogP) is 2.69. The van der Waals surface area contributed by atoms with E-state index in [-0.39, 0.29) is 11.6 Å². The first kappa shape index (κ1) is 15.1. The summed E-state index contributed by atoms with van der Waals surface area (Å²) in [6.45, 7) is 5.67. The Bertz CT molecular complexity index is 358. The lowest BCUT2D eigenvalue weighted by molar-refractivity contribution is -0.0226. The zero-order valence-corrected chi connectivity index (χ0v) is 13.3. The molecule has 1 aromatic rings. The fourth-order valence-electron chi connectivity index (χ4n) is 1.74. The molecular formula is C12H21BrN2OS. The highest BCUT2D eigenvalue weighted by Gasteiger charge is 2.34. The Kier molecular flexibility index (Phi) is 5.60. The number of ether oxygens (including phenoxy) is 1. The average molecular weight is 321 g/mol. The van der Waals surface area contributed by atoms with Crippen LogP contribution in [0.5, 0.6) is 0 Å². The molecule has 3 nitrogen and oxygen atoms in total. The molecule has 0 bridgehead atoms. The van der Waals surface area contributed by atoms with Crippen molar-refractivity contribution < 1.29 is 4.74 Å². The Morgan fingerprint density at radius 1 is 1.65 bits per heavy atom. The number of hydrogen-bond donors (Lipinski definition) is 1. The van der Waals surface area contributed by atoms with E-state index in [0.29, 0.717) is 6.54 Å². The highest BCUT2D eigenvalue weighted by molar-refractivity contribution is 9.10. The van der Waals surface area contributed by atoms with E-state index in [9.17, 15) is 0 Å². The van der Waals surface area contributed by atoms with Crippen LogP contribution in [0.15, 0.2) is 15.9 Å². The summed E-state index contributed by atoms with van der Waals surface area (Å²) in [4.78, 5) is 3.58. The van der Waals surface area contributed by atoms with Crippen LogP contribution in [0.2, 0.25) is 0 Å². The number of halogens is 1. The molecular weight excluding hydrogens is 300 g/mol. The molecule has 0 fully saturated rings. The number of nitrogens with two attached hydrogens (primary N) is 1. The van der Waals surface area contributed by atoms with E-state index in [0.717, 1.165) is 11.0 Å². The van der Waals surface area contributed by atoms with Crippen LogP contribution in [0.4, 0.5) is 0 Å². The van der Waals surface area contributed by atoms with Crippen LogP contribution in [0.1, 0.15) is 18.7 Å². The largest absolute Gasteiger partial charge is 0.380 e. The molecule has 0 saturated heterocycles. The number of methoxy groups -OCH3 is 1. The second-order valence-electron chi connectivity index (χ2n) is 4.53. The molecule has 0 spiro atoms. The van der Waals surface area contributed by atoms with Crippen molar-refractivity contribution in [2.45, 2.75) is 32.0 Å². The van der Waals surface area contributed by atoms with Crippen molar-refractivity contribution in [2.24, 2.45) is 5.73 Å². The van der Waals surface area contributed by atoms with Crippen LogP contribution in [0.3, 0.4) is 0 Å². The normalized spacial score (nSPS) is 17.1. The van der Waals surface area contributed by atoms with E-state index in [1.165, 1.54) is 4.88 Å². The van der Waals surface area contributed by atoms with Crippen molar-refractivity contribution in [3.05, 3.63) is 20.8 Å². The molecule has 0 aliphatic heterocycles. The molecule has 1 heterocycles. The van der Waals surface area contributed by atoms with Gasteiger partial charge in [-0.05, 0) is 42.9 Å². The third-order valence-electron chi connectivity index (χ3n) is 3.53. The first-order valence-electron chi connectivity index (χ1n) is 5.61. The van der Waals surface area contributed by atoms with Crippen molar-refractivity contribution in [2.75, 3.05) is 20.7 Å². The quantitative estimate of drug-likeness (QED) is 0.875. The summed E-state index contributed by atoms with van der Waals surface area (Å²) in [5, 5.41) is 2.10. The molecule has 2 N–H and O–H groups in total. The highest BCUT2D eigenvalue weighted by Crippen LogP contribution is 2.25. The van der Waals surface area contributed by atoms with Crippen molar-refractivity contribution >= 4 is 27.3 Å². The van der Waals surface area contributed by atoms with Gasteiger partial charge in [-0.25, -0.2) is 0 Å². The molecule has 0 aliphatic rings. The first-order valence-corrected chi connectivity index (χ1v) is 7.28. The van der Waals surface area contributed by atoms with Gasteiger partial charge in [-0.15, -0.1) is 11.3 Å². The number of thiophene rings is 1. The minimum Gasteiger partial charge on any atom is -0.380 e. The molecule has 5 heteroatoms. The van der Waals surface area contributed by atoms with E-state index in [1.54, 1.807) is 18.4 Å². The van der Waals surface area contributed by atoms with Crippen molar-refractivity contribution in [1.29, 1.82) is 0 Å². The second kappa shape index (κ2) is 6.29. The van der Waals surface area contributed by atoms with Crippen LogP contribution in [0.25, 0.3) is 0 Å². The lowest BCUT2D eigenvalue weighted by Crippen LogP contribution is -2.56. The van der Waals surface area contributed by atoms with Gasteiger partial charge >= 0.3 is 0 Å². The zero-order chi connectivity index (χ0) is 13.1. The predicted molar refractivity (Wildman–Crippen MR) is 77.4 cm³/mol. The molecule has 98 valence electrons. The number of likely N-dealkylation sites (N-methyl/N-ethyl adjacent to an activating group) is 1. The van der Waals surface area contributed by atoms with Crippen LogP contribution >= 0.6 is 27.3 Å². The van der Waals surface area contributed by atoms with Gasteiger partial charge in [0, 0.05) is 34.9 Å².